The number of hydrogen-bond donors (Lipinski definition) is 2. The summed E-state index contributed by atoms with van der Waals surface area (Å²) in [5.74, 6) is 1.05. The standard InChI is InChI=1S/C12H24N2O/c1-10(7-8-13)9-14-12(15)11-5-3-2-4-6-11/h10-11H,2-9,13H2,1H3,(H,14,15). The summed E-state index contributed by atoms with van der Waals surface area (Å²) in [6.07, 6.45) is 6.89. The molecule has 88 valence electrons. The normalized spacial score (nSPS) is 19.9. The van der Waals surface area contributed by atoms with E-state index >= 15 is 0 Å². The fraction of sp³-hybridized carbons (Fsp3) is 0.917. The lowest BCUT2D eigenvalue weighted by molar-refractivity contribution is -0.126. The Balaban J connectivity index is 2.16. The Kier molecular flexibility index (Phi) is 5.69. The SMILES string of the molecule is CC(CCN)CNC(=O)C1CCCCC1. The third kappa shape index (κ3) is 4.65. The lowest BCUT2D eigenvalue weighted by atomic mass is 9.88. The van der Waals surface area contributed by atoms with Gasteiger partial charge in [0.15, 0.2) is 0 Å². The molecule has 1 saturated carbocycles. The fourth-order valence-electron chi connectivity index (χ4n) is 2.17. The lowest BCUT2D eigenvalue weighted by Gasteiger charge is -2.21. The van der Waals surface area contributed by atoms with Gasteiger partial charge in [-0.1, -0.05) is 26.2 Å². The quantitative estimate of drug-likeness (QED) is 0.728. The van der Waals surface area contributed by atoms with Crippen molar-refractivity contribution in [2.24, 2.45) is 17.6 Å². The van der Waals surface area contributed by atoms with E-state index in [1.807, 2.05) is 0 Å². The molecule has 0 saturated heterocycles. The van der Waals surface area contributed by atoms with Crippen molar-refractivity contribution in [3.05, 3.63) is 0 Å². The zero-order valence-electron chi connectivity index (χ0n) is 9.80. The zero-order chi connectivity index (χ0) is 11.1. The first kappa shape index (κ1) is 12.5. The van der Waals surface area contributed by atoms with Gasteiger partial charge in [0.05, 0.1) is 0 Å². The molecule has 1 rings (SSSR count). The summed E-state index contributed by atoms with van der Waals surface area (Å²) in [7, 11) is 0. The molecule has 1 amide bonds. The number of rotatable bonds is 5. The minimum Gasteiger partial charge on any atom is -0.356 e. The van der Waals surface area contributed by atoms with E-state index in [0.29, 0.717) is 12.5 Å². The van der Waals surface area contributed by atoms with Crippen molar-refractivity contribution < 1.29 is 4.79 Å². The number of nitrogens with one attached hydrogen (secondary N) is 1. The van der Waals surface area contributed by atoms with Crippen LogP contribution in [-0.2, 0) is 4.79 Å². The molecule has 3 heteroatoms. The third-order valence-electron chi connectivity index (χ3n) is 3.26. The molecule has 15 heavy (non-hydrogen) atoms. The first-order valence-corrected chi connectivity index (χ1v) is 6.21. The van der Waals surface area contributed by atoms with E-state index in [0.717, 1.165) is 25.8 Å². The Morgan fingerprint density at radius 3 is 2.67 bits per heavy atom. The summed E-state index contributed by atoms with van der Waals surface area (Å²) >= 11 is 0. The predicted octanol–water partition coefficient (Wildman–Crippen LogP) is 1.67. The van der Waals surface area contributed by atoms with Crippen molar-refractivity contribution in [2.45, 2.75) is 45.4 Å². The second-order valence-corrected chi connectivity index (χ2v) is 4.76. The van der Waals surface area contributed by atoms with Crippen LogP contribution in [0.3, 0.4) is 0 Å². The molecule has 1 fully saturated rings. The molecular weight excluding hydrogens is 188 g/mol. The van der Waals surface area contributed by atoms with Crippen LogP contribution in [0.5, 0.6) is 0 Å². The Bertz CT molecular complexity index is 188. The van der Waals surface area contributed by atoms with Gasteiger partial charge in [-0.25, -0.2) is 0 Å². The van der Waals surface area contributed by atoms with Gasteiger partial charge in [0.2, 0.25) is 5.91 Å². The summed E-state index contributed by atoms with van der Waals surface area (Å²) < 4.78 is 0. The van der Waals surface area contributed by atoms with Gasteiger partial charge in [0, 0.05) is 12.5 Å². The smallest absolute Gasteiger partial charge is 0.223 e. The van der Waals surface area contributed by atoms with E-state index in [9.17, 15) is 4.79 Å². The Morgan fingerprint density at radius 1 is 1.40 bits per heavy atom. The summed E-state index contributed by atoms with van der Waals surface area (Å²) in [5.41, 5.74) is 5.47. The van der Waals surface area contributed by atoms with Gasteiger partial charge in [-0.2, -0.15) is 0 Å². The minimum absolute atomic E-state index is 0.263. The topological polar surface area (TPSA) is 55.1 Å². The van der Waals surface area contributed by atoms with E-state index in [-0.39, 0.29) is 11.8 Å². The van der Waals surface area contributed by atoms with Crippen molar-refractivity contribution in [1.82, 2.24) is 5.32 Å². The molecule has 0 bridgehead atoms. The average Bonchev–Trinajstić information content (AvgIpc) is 2.27. The van der Waals surface area contributed by atoms with Crippen LogP contribution in [0.15, 0.2) is 0 Å². The van der Waals surface area contributed by atoms with Gasteiger partial charge in [-0.3, -0.25) is 4.79 Å². The predicted molar refractivity (Wildman–Crippen MR) is 62.4 cm³/mol. The molecule has 0 aromatic rings. The maximum absolute atomic E-state index is 11.8. The van der Waals surface area contributed by atoms with Crippen LogP contribution in [-0.4, -0.2) is 19.0 Å². The highest BCUT2D eigenvalue weighted by Gasteiger charge is 2.20. The molecule has 1 atom stereocenters. The Morgan fingerprint density at radius 2 is 2.07 bits per heavy atom. The van der Waals surface area contributed by atoms with Gasteiger partial charge in [0.1, 0.15) is 0 Å². The molecule has 1 unspecified atom stereocenters. The molecule has 0 spiro atoms. The molecule has 0 aromatic carbocycles. The number of amides is 1. The zero-order valence-corrected chi connectivity index (χ0v) is 9.80. The van der Waals surface area contributed by atoms with Crippen molar-refractivity contribution >= 4 is 5.91 Å². The van der Waals surface area contributed by atoms with Gasteiger partial charge in [0.25, 0.3) is 0 Å². The van der Waals surface area contributed by atoms with Gasteiger partial charge in [-0.15, -0.1) is 0 Å². The summed E-state index contributed by atoms with van der Waals surface area (Å²) in [6, 6.07) is 0. The highest BCUT2D eigenvalue weighted by Crippen LogP contribution is 2.23. The van der Waals surface area contributed by atoms with E-state index < -0.39 is 0 Å². The van der Waals surface area contributed by atoms with Crippen LogP contribution in [0, 0.1) is 11.8 Å². The maximum Gasteiger partial charge on any atom is 0.223 e. The highest BCUT2D eigenvalue weighted by atomic mass is 16.1. The molecule has 0 radical (unpaired) electrons. The van der Waals surface area contributed by atoms with Crippen LogP contribution in [0.1, 0.15) is 45.4 Å². The monoisotopic (exact) mass is 212 g/mol. The van der Waals surface area contributed by atoms with Crippen LogP contribution >= 0.6 is 0 Å². The molecule has 0 heterocycles. The summed E-state index contributed by atoms with van der Waals surface area (Å²) in [4.78, 5) is 11.8. The fourth-order valence-corrected chi connectivity index (χ4v) is 2.17. The van der Waals surface area contributed by atoms with E-state index in [1.165, 1.54) is 19.3 Å². The number of hydrogen-bond acceptors (Lipinski definition) is 2. The molecule has 0 aliphatic heterocycles. The largest absolute Gasteiger partial charge is 0.356 e. The van der Waals surface area contributed by atoms with Crippen LogP contribution < -0.4 is 11.1 Å². The third-order valence-corrected chi connectivity index (χ3v) is 3.26. The van der Waals surface area contributed by atoms with Crippen molar-refractivity contribution in [3.63, 3.8) is 0 Å². The average molecular weight is 212 g/mol. The molecule has 3 nitrogen and oxygen atoms in total. The second-order valence-electron chi connectivity index (χ2n) is 4.76. The van der Waals surface area contributed by atoms with Crippen LogP contribution in [0.25, 0.3) is 0 Å². The number of carbonyl (C=O) groups excluding carboxylic acids is 1. The molecule has 0 aromatic heterocycles. The van der Waals surface area contributed by atoms with Gasteiger partial charge >= 0.3 is 0 Å². The lowest BCUT2D eigenvalue weighted by Crippen LogP contribution is -2.35. The first-order chi connectivity index (χ1) is 7.24. The summed E-state index contributed by atoms with van der Waals surface area (Å²) in [6.45, 7) is 3.63. The summed E-state index contributed by atoms with van der Waals surface area (Å²) in [5, 5.41) is 3.04. The van der Waals surface area contributed by atoms with E-state index in [4.69, 9.17) is 5.73 Å². The van der Waals surface area contributed by atoms with Crippen LogP contribution in [0.2, 0.25) is 0 Å². The number of carbonyl (C=O) groups is 1. The van der Waals surface area contributed by atoms with Crippen molar-refractivity contribution in [3.8, 4) is 0 Å². The highest BCUT2D eigenvalue weighted by molar-refractivity contribution is 5.78. The van der Waals surface area contributed by atoms with Gasteiger partial charge in [-0.05, 0) is 31.7 Å². The van der Waals surface area contributed by atoms with E-state index in [2.05, 4.69) is 12.2 Å². The second kappa shape index (κ2) is 6.83. The first-order valence-electron chi connectivity index (χ1n) is 6.21. The Hall–Kier alpha value is -0.570. The Labute approximate surface area is 92.8 Å². The van der Waals surface area contributed by atoms with Crippen molar-refractivity contribution in [2.75, 3.05) is 13.1 Å². The molecule has 1 aliphatic carbocycles. The maximum atomic E-state index is 11.8. The van der Waals surface area contributed by atoms with Crippen LogP contribution in [0.4, 0.5) is 0 Å². The molecule has 3 N–H and O–H groups in total. The molecule has 1 aliphatic rings. The van der Waals surface area contributed by atoms with Crippen molar-refractivity contribution in [1.29, 1.82) is 0 Å². The van der Waals surface area contributed by atoms with E-state index in [1.54, 1.807) is 0 Å². The van der Waals surface area contributed by atoms with Gasteiger partial charge < -0.3 is 11.1 Å². The molecular formula is C12H24N2O. The number of nitrogens with two attached hydrogens (primary N) is 1. The minimum atomic E-state index is 0.263.